The third-order valence-corrected chi connectivity index (χ3v) is 3.50. The summed E-state index contributed by atoms with van der Waals surface area (Å²) in [5, 5.41) is 7.39. The highest BCUT2D eigenvalue weighted by molar-refractivity contribution is 5.99. The van der Waals surface area contributed by atoms with E-state index in [2.05, 4.69) is 22.5 Å². The minimum atomic E-state index is -0.116. The molecule has 0 radical (unpaired) electrons. The Balaban J connectivity index is 2.38. The lowest BCUT2D eigenvalue weighted by Crippen LogP contribution is -2.32. The summed E-state index contributed by atoms with van der Waals surface area (Å²) in [7, 11) is 0. The number of rotatable bonds is 6. The molecular weight excluding hydrogens is 262 g/mol. The van der Waals surface area contributed by atoms with E-state index < -0.39 is 0 Å². The van der Waals surface area contributed by atoms with E-state index in [1.165, 1.54) is 0 Å². The molecule has 1 atom stereocenters. The van der Waals surface area contributed by atoms with Gasteiger partial charge in [0.15, 0.2) is 0 Å². The summed E-state index contributed by atoms with van der Waals surface area (Å²) in [6.45, 7) is 7.04. The van der Waals surface area contributed by atoms with Gasteiger partial charge >= 0.3 is 0 Å². The van der Waals surface area contributed by atoms with Crippen LogP contribution in [0, 0.1) is 0 Å². The highest BCUT2D eigenvalue weighted by Gasteiger charge is 2.13. The lowest BCUT2D eigenvalue weighted by Gasteiger charge is -2.14. The van der Waals surface area contributed by atoms with Crippen molar-refractivity contribution in [1.29, 1.82) is 0 Å². The Hall–Kier alpha value is -2.10. The Labute approximate surface area is 126 Å². The molecule has 0 saturated heterocycles. The van der Waals surface area contributed by atoms with Crippen LogP contribution in [0.2, 0.25) is 0 Å². The van der Waals surface area contributed by atoms with Crippen LogP contribution in [-0.4, -0.2) is 23.5 Å². The molecule has 0 bridgehead atoms. The molecular formula is C17H23N3O. The lowest BCUT2D eigenvalue weighted by atomic mass is 10.1. The van der Waals surface area contributed by atoms with Gasteiger partial charge in [0.2, 0.25) is 0 Å². The fourth-order valence-corrected chi connectivity index (χ4v) is 2.10. The van der Waals surface area contributed by atoms with Crippen molar-refractivity contribution in [3.63, 3.8) is 0 Å². The van der Waals surface area contributed by atoms with E-state index in [0.29, 0.717) is 5.69 Å². The number of carbonyl (C=O) groups excluding carboxylic acids is 1. The van der Waals surface area contributed by atoms with Crippen molar-refractivity contribution in [3.8, 4) is 0 Å². The van der Waals surface area contributed by atoms with Gasteiger partial charge in [0.1, 0.15) is 5.69 Å². The summed E-state index contributed by atoms with van der Waals surface area (Å²) < 4.78 is 0. The monoisotopic (exact) mass is 285 g/mol. The van der Waals surface area contributed by atoms with Gasteiger partial charge in [-0.3, -0.25) is 4.79 Å². The van der Waals surface area contributed by atoms with Crippen molar-refractivity contribution in [3.05, 3.63) is 36.0 Å². The predicted molar refractivity (Wildman–Crippen MR) is 87.7 cm³/mol. The van der Waals surface area contributed by atoms with Gasteiger partial charge in [0.05, 0.1) is 5.52 Å². The number of anilines is 1. The largest absolute Gasteiger partial charge is 0.384 e. The standard InChI is InChI=1S/C17H23N3O/c1-4-10-18-15-11-16(17(21)19-12(3)5-2)20-14-9-7-6-8-13(14)15/h6-9,11-12H,4-5,10H2,1-3H3,(H,18,20)(H,19,21). The van der Waals surface area contributed by atoms with Crippen LogP contribution in [0.25, 0.3) is 10.9 Å². The number of pyridine rings is 1. The first kappa shape index (κ1) is 15.3. The van der Waals surface area contributed by atoms with E-state index in [1.54, 1.807) is 0 Å². The van der Waals surface area contributed by atoms with Gasteiger partial charge in [-0.05, 0) is 31.9 Å². The molecule has 0 aliphatic heterocycles. The number of hydrogen-bond donors (Lipinski definition) is 2. The molecule has 0 spiro atoms. The Morgan fingerprint density at radius 3 is 2.76 bits per heavy atom. The molecule has 2 rings (SSSR count). The minimum Gasteiger partial charge on any atom is -0.384 e. The van der Waals surface area contributed by atoms with Crippen LogP contribution in [0.3, 0.4) is 0 Å². The zero-order valence-corrected chi connectivity index (χ0v) is 12.9. The molecule has 1 aromatic heterocycles. The first-order valence-corrected chi connectivity index (χ1v) is 7.60. The molecule has 1 amide bonds. The highest BCUT2D eigenvalue weighted by Crippen LogP contribution is 2.23. The second kappa shape index (κ2) is 7.07. The first-order valence-electron chi connectivity index (χ1n) is 7.60. The minimum absolute atomic E-state index is 0.116. The second-order valence-corrected chi connectivity index (χ2v) is 5.28. The summed E-state index contributed by atoms with van der Waals surface area (Å²) in [4.78, 5) is 16.8. The van der Waals surface area contributed by atoms with E-state index in [-0.39, 0.29) is 11.9 Å². The Kier molecular flexibility index (Phi) is 5.14. The smallest absolute Gasteiger partial charge is 0.270 e. The Bertz CT molecular complexity index is 624. The molecule has 4 heteroatoms. The molecule has 0 fully saturated rings. The van der Waals surface area contributed by atoms with Gasteiger partial charge in [-0.25, -0.2) is 4.98 Å². The average Bonchev–Trinajstić information content (AvgIpc) is 2.52. The van der Waals surface area contributed by atoms with E-state index in [1.807, 2.05) is 44.2 Å². The van der Waals surface area contributed by atoms with Crippen molar-refractivity contribution in [2.75, 3.05) is 11.9 Å². The van der Waals surface area contributed by atoms with Crippen molar-refractivity contribution in [2.45, 2.75) is 39.7 Å². The molecule has 2 aromatic rings. The van der Waals surface area contributed by atoms with Crippen molar-refractivity contribution < 1.29 is 4.79 Å². The summed E-state index contributed by atoms with van der Waals surface area (Å²) >= 11 is 0. The van der Waals surface area contributed by atoms with Gasteiger partial charge < -0.3 is 10.6 Å². The van der Waals surface area contributed by atoms with Gasteiger partial charge in [0.25, 0.3) is 5.91 Å². The summed E-state index contributed by atoms with van der Waals surface area (Å²) in [5.74, 6) is -0.116. The predicted octanol–water partition coefficient (Wildman–Crippen LogP) is 3.59. The van der Waals surface area contributed by atoms with Crippen LogP contribution in [-0.2, 0) is 0 Å². The maximum absolute atomic E-state index is 12.3. The van der Waals surface area contributed by atoms with E-state index in [9.17, 15) is 4.79 Å². The summed E-state index contributed by atoms with van der Waals surface area (Å²) in [6, 6.07) is 9.88. The lowest BCUT2D eigenvalue weighted by molar-refractivity contribution is 0.0934. The average molecular weight is 285 g/mol. The van der Waals surface area contributed by atoms with Crippen molar-refractivity contribution in [1.82, 2.24) is 10.3 Å². The van der Waals surface area contributed by atoms with Crippen molar-refractivity contribution in [2.24, 2.45) is 0 Å². The van der Waals surface area contributed by atoms with Gasteiger partial charge in [0, 0.05) is 23.7 Å². The van der Waals surface area contributed by atoms with E-state index in [0.717, 1.165) is 36.0 Å². The maximum atomic E-state index is 12.3. The third-order valence-electron chi connectivity index (χ3n) is 3.50. The number of hydrogen-bond acceptors (Lipinski definition) is 3. The molecule has 4 nitrogen and oxygen atoms in total. The number of nitrogens with one attached hydrogen (secondary N) is 2. The number of nitrogens with zero attached hydrogens (tertiary/aromatic N) is 1. The van der Waals surface area contributed by atoms with E-state index >= 15 is 0 Å². The molecule has 1 unspecified atom stereocenters. The van der Waals surface area contributed by atoms with Crippen molar-refractivity contribution >= 4 is 22.5 Å². The molecule has 1 heterocycles. The van der Waals surface area contributed by atoms with Crippen LogP contribution in [0.4, 0.5) is 5.69 Å². The molecule has 112 valence electrons. The summed E-state index contributed by atoms with van der Waals surface area (Å²) in [5.41, 5.74) is 2.28. The molecule has 21 heavy (non-hydrogen) atoms. The van der Waals surface area contributed by atoms with Crippen LogP contribution < -0.4 is 10.6 Å². The van der Waals surface area contributed by atoms with E-state index in [4.69, 9.17) is 0 Å². The number of carbonyl (C=O) groups is 1. The van der Waals surface area contributed by atoms with Gasteiger partial charge in [-0.1, -0.05) is 32.0 Å². The fourth-order valence-electron chi connectivity index (χ4n) is 2.10. The van der Waals surface area contributed by atoms with Crippen LogP contribution in [0.1, 0.15) is 44.1 Å². The number of aromatic nitrogens is 1. The molecule has 0 saturated carbocycles. The number of benzene rings is 1. The van der Waals surface area contributed by atoms with Crippen LogP contribution in [0.15, 0.2) is 30.3 Å². The molecule has 1 aromatic carbocycles. The second-order valence-electron chi connectivity index (χ2n) is 5.28. The molecule has 0 aliphatic rings. The Morgan fingerprint density at radius 1 is 1.29 bits per heavy atom. The zero-order valence-electron chi connectivity index (χ0n) is 12.9. The third kappa shape index (κ3) is 3.72. The Morgan fingerprint density at radius 2 is 2.05 bits per heavy atom. The van der Waals surface area contributed by atoms with Gasteiger partial charge in [-0.2, -0.15) is 0 Å². The number of fused-ring (bicyclic) bond motifs is 1. The fraction of sp³-hybridized carbons (Fsp3) is 0.412. The first-order chi connectivity index (χ1) is 10.2. The zero-order chi connectivity index (χ0) is 15.2. The SMILES string of the molecule is CCCNc1cc(C(=O)NC(C)CC)nc2ccccc12. The van der Waals surface area contributed by atoms with Crippen LogP contribution in [0.5, 0.6) is 0 Å². The number of para-hydroxylation sites is 1. The number of amides is 1. The topological polar surface area (TPSA) is 54.0 Å². The van der Waals surface area contributed by atoms with Crippen LogP contribution >= 0.6 is 0 Å². The normalized spacial score (nSPS) is 12.1. The molecule has 0 aliphatic carbocycles. The maximum Gasteiger partial charge on any atom is 0.270 e. The summed E-state index contributed by atoms with van der Waals surface area (Å²) in [6.07, 6.45) is 1.94. The quantitative estimate of drug-likeness (QED) is 0.853. The van der Waals surface area contributed by atoms with Gasteiger partial charge in [-0.15, -0.1) is 0 Å². The highest BCUT2D eigenvalue weighted by atomic mass is 16.1. The molecule has 2 N–H and O–H groups in total.